The summed E-state index contributed by atoms with van der Waals surface area (Å²) in [6.07, 6.45) is -0.930. The van der Waals surface area contributed by atoms with Crippen molar-refractivity contribution >= 4 is 20.7 Å². The Morgan fingerprint density at radius 2 is 1.27 bits per heavy atom. The molecule has 0 aliphatic rings. The molecule has 0 saturated carbocycles. The first-order valence-corrected chi connectivity index (χ1v) is 8.53. The van der Waals surface area contributed by atoms with Gasteiger partial charge < -0.3 is 22.8 Å². The molecule has 0 aromatic carbocycles. The Labute approximate surface area is 132 Å². The second-order valence-electron chi connectivity index (χ2n) is 4.63. The van der Waals surface area contributed by atoms with Crippen LogP contribution < -0.4 is 0 Å². The van der Waals surface area contributed by atoms with Crippen LogP contribution in [0.4, 0.5) is 0 Å². The van der Waals surface area contributed by atoms with Gasteiger partial charge in [0.15, 0.2) is 0 Å². The maximum absolute atomic E-state index is 11.6. The van der Waals surface area contributed by atoms with Gasteiger partial charge in [0.25, 0.3) is 0 Å². The molecule has 0 aliphatic carbocycles. The first kappa shape index (κ1) is 20.5. The minimum Gasteiger partial charge on any atom is -0.422 e. The molecule has 0 radical (unpaired) electrons. The zero-order valence-corrected chi connectivity index (χ0v) is 14.8. The average molecular weight is 332 g/mol. The Morgan fingerprint density at radius 1 is 0.909 bits per heavy atom. The van der Waals surface area contributed by atoms with Gasteiger partial charge in [-0.1, -0.05) is 13.2 Å². The van der Waals surface area contributed by atoms with Crippen LogP contribution in [0.2, 0.25) is 6.04 Å². The molecule has 0 heterocycles. The van der Waals surface area contributed by atoms with Gasteiger partial charge in [0, 0.05) is 44.9 Å². The minimum atomic E-state index is -2.86. The Balaban J connectivity index is 4.91. The van der Waals surface area contributed by atoms with Crippen molar-refractivity contribution in [3.05, 3.63) is 24.3 Å². The van der Waals surface area contributed by atoms with Crippen molar-refractivity contribution in [1.29, 1.82) is 0 Å². The molecule has 0 spiro atoms. The van der Waals surface area contributed by atoms with Gasteiger partial charge >= 0.3 is 20.7 Å². The molecular weight excluding hydrogens is 308 g/mol. The highest BCUT2D eigenvalue weighted by atomic mass is 28.4. The van der Waals surface area contributed by atoms with E-state index in [4.69, 9.17) is 22.8 Å². The molecule has 0 atom stereocenters. The summed E-state index contributed by atoms with van der Waals surface area (Å²) in [6.45, 7) is 9.96. The molecule has 0 saturated heterocycles. The summed E-state index contributed by atoms with van der Waals surface area (Å²) in [5.41, 5.74) is 0.398. The molecule has 0 fully saturated rings. The van der Waals surface area contributed by atoms with Gasteiger partial charge in [0.05, 0.1) is 0 Å². The molecule has 0 rings (SSSR count). The van der Waals surface area contributed by atoms with Gasteiger partial charge in [-0.25, -0.2) is 9.59 Å². The highest BCUT2D eigenvalue weighted by Gasteiger charge is 2.39. The summed E-state index contributed by atoms with van der Waals surface area (Å²) in [5.74, 6) is -1.31. The standard InChI is InChI=1S/C14H24O7Si/c1-10(2)13(15)20-12(21-14(16)11(3)4)8-9-22(17-5,18-6)19-7/h12H,1,3,8-9H2,2,4-7H3. The largest absolute Gasteiger partial charge is 0.500 e. The lowest BCUT2D eigenvalue weighted by Crippen LogP contribution is -2.43. The number of carbonyl (C=O) groups excluding carboxylic acids is 2. The van der Waals surface area contributed by atoms with Gasteiger partial charge in [-0.3, -0.25) is 0 Å². The van der Waals surface area contributed by atoms with Crippen LogP contribution in [0.3, 0.4) is 0 Å². The number of rotatable bonds is 10. The van der Waals surface area contributed by atoms with Gasteiger partial charge in [-0.2, -0.15) is 0 Å². The number of hydrogen-bond donors (Lipinski definition) is 0. The first-order valence-electron chi connectivity index (χ1n) is 6.59. The van der Waals surface area contributed by atoms with Crippen molar-refractivity contribution in [2.75, 3.05) is 21.3 Å². The predicted octanol–water partition coefficient (Wildman–Crippen LogP) is 1.82. The van der Waals surface area contributed by atoms with Crippen molar-refractivity contribution in [3.63, 3.8) is 0 Å². The Kier molecular flexibility index (Phi) is 8.88. The molecular formula is C14H24O7Si. The van der Waals surface area contributed by atoms with E-state index in [1.54, 1.807) is 0 Å². The van der Waals surface area contributed by atoms with Crippen LogP contribution in [0.1, 0.15) is 20.3 Å². The summed E-state index contributed by atoms with van der Waals surface area (Å²) < 4.78 is 26.0. The third-order valence-electron chi connectivity index (χ3n) is 2.79. The Hall–Kier alpha value is -1.48. The lowest BCUT2D eigenvalue weighted by atomic mass is 10.3. The molecule has 0 amide bonds. The Bertz CT molecular complexity index is 393. The van der Waals surface area contributed by atoms with Gasteiger partial charge in [-0.05, 0) is 13.8 Å². The number of carbonyl (C=O) groups is 2. The van der Waals surface area contributed by atoms with Crippen molar-refractivity contribution in [2.24, 2.45) is 0 Å². The van der Waals surface area contributed by atoms with E-state index in [1.165, 1.54) is 35.2 Å². The summed E-state index contributed by atoms with van der Waals surface area (Å²) >= 11 is 0. The van der Waals surface area contributed by atoms with E-state index in [1.807, 2.05) is 0 Å². The van der Waals surface area contributed by atoms with Crippen LogP contribution in [0.25, 0.3) is 0 Å². The van der Waals surface area contributed by atoms with E-state index >= 15 is 0 Å². The number of ether oxygens (including phenoxy) is 2. The van der Waals surface area contributed by atoms with Crippen molar-refractivity contribution in [2.45, 2.75) is 32.6 Å². The first-order chi connectivity index (χ1) is 10.2. The normalized spacial score (nSPS) is 11.2. The van der Waals surface area contributed by atoms with Crippen LogP contribution in [0.15, 0.2) is 24.3 Å². The topological polar surface area (TPSA) is 80.3 Å². The number of hydrogen-bond acceptors (Lipinski definition) is 7. The maximum Gasteiger partial charge on any atom is 0.500 e. The zero-order valence-electron chi connectivity index (χ0n) is 13.8. The molecule has 0 N–H and O–H groups in total. The van der Waals surface area contributed by atoms with Crippen LogP contribution in [0.5, 0.6) is 0 Å². The van der Waals surface area contributed by atoms with Crippen molar-refractivity contribution in [3.8, 4) is 0 Å². The second-order valence-corrected chi connectivity index (χ2v) is 7.73. The molecule has 0 aliphatic heterocycles. The van der Waals surface area contributed by atoms with E-state index in [0.717, 1.165) is 0 Å². The van der Waals surface area contributed by atoms with Crippen molar-refractivity contribution < 1.29 is 32.3 Å². The fraction of sp³-hybridized carbons (Fsp3) is 0.571. The second kappa shape index (κ2) is 9.52. The van der Waals surface area contributed by atoms with Gasteiger partial charge in [-0.15, -0.1) is 0 Å². The highest BCUT2D eigenvalue weighted by Crippen LogP contribution is 2.19. The molecule has 0 aromatic rings. The van der Waals surface area contributed by atoms with Crippen LogP contribution in [-0.4, -0.2) is 48.4 Å². The summed E-state index contributed by atoms with van der Waals surface area (Å²) in [6, 6.07) is 0.300. The average Bonchev–Trinajstić information content (AvgIpc) is 2.48. The lowest BCUT2D eigenvalue weighted by molar-refractivity contribution is -0.182. The SMILES string of the molecule is C=C(C)C(=O)OC(CC[Si](OC)(OC)OC)OC(=O)C(=C)C. The lowest BCUT2D eigenvalue weighted by Gasteiger charge is -2.26. The molecule has 0 bridgehead atoms. The summed E-state index contributed by atoms with van der Waals surface area (Å²) in [7, 11) is 1.53. The highest BCUT2D eigenvalue weighted by molar-refractivity contribution is 6.60. The maximum atomic E-state index is 11.6. The smallest absolute Gasteiger partial charge is 0.422 e. The van der Waals surface area contributed by atoms with E-state index in [9.17, 15) is 9.59 Å². The molecule has 22 heavy (non-hydrogen) atoms. The van der Waals surface area contributed by atoms with E-state index in [-0.39, 0.29) is 17.6 Å². The molecule has 8 heteroatoms. The van der Waals surface area contributed by atoms with E-state index in [0.29, 0.717) is 6.04 Å². The molecule has 0 unspecified atom stereocenters. The fourth-order valence-electron chi connectivity index (χ4n) is 1.43. The zero-order chi connectivity index (χ0) is 17.3. The van der Waals surface area contributed by atoms with Gasteiger partial charge in [0.1, 0.15) is 0 Å². The van der Waals surface area contributed by atoms with Crippen LogP contribution >= 0.6 is 0 Å². The third kappa shape index (κ3) is 6.52. The molecule has 7 nitrogen and oxygen atoms in total. The third-order valence-corrected chi connectivity index (χ3v) is 5.56. The van der Waals surface area contributed by atoms with Crippen molar-refractivity contribution in [1.82, 2.24) is 0 Å². The molecule has 126 valence electrons. The summed E-state index contributed by atoms with van der Waals surface area (Å²) in [5, 5.41) is 0. The van der Waals surface area contributed by atoms with Crippen LogP contribution in [0, 0.1) is 0 Å². The predicted molar refractivity (Wildman–Crippen MR) is 81.8 cm³/mol. The van der Waals surface area contributed by atoms with Gasteiger partial charge in [0.2, 0.25) is 6.29 Å². The van der Waals surface area contributed by atoms with Crippen LogP contribution in [-0.2, 0) is 32.3 Å². The monoisotopic (exact) mass is 332 g/mol. The molecule has 0 aromatic heterocycles. The number of esters is 2. The quantitative estimate of drug-likeness (QED) is 0.261. The van der Waals surface area contributed by atoms with E-state index < -0.39 is 27.0 Å². The fourth-order valence-corrected chi connectivity index (χ4v) is 3.13. The minimum absolute atomic E-state index is 0.166. The summed E-state index contributed by atoms with van der Waals surface area (Å²) in [4.78, 5) is 23.2. The Morgan fingerprint density at radius 3 is 1.55 bits per heavy atom. The van der Waals surface area contributed by atoms with E-state index in [2.05, 4.69) is 13.2 Å².